The summed E-state index contributed by atoms with van der Waals surface area (Å²) in [6.45, 7) is 2.32. The van der Waals surface area contributed by atoms with Crippen LogP contribution in [0.1, 0.15) is 12.8 Å². The van der Waals surface area contributed by atoms with E-state index in [4.69, 9.17) is 5.73 Å². The highest BCUT2D eigenvalue weighted by Gasteiger charge is 2.36. The monoisotopic (exact) mass is 340 g/mol. The van der Waals surface area contributed by atoms with Crippen LogP contribution in [0.3, 0.4) is 0 Å². The van der Waals surface area contributed by atoms with Crippen molar-refractivity contribution in [3.8, 4) is 0 Å². The summed E-state index contributed by atoms with van der Waals surface area (Å²) >= 11 is 0. The first-order valence-corrected chi connectivity index (χ1v) is 10.4. The van der Waals surface area contributed by atoms with Crippen LogP contribution in [0, 0.1) is 5.92 Å². The molecule has 124 valence electrons. The Balaban J connectivity index is 2.01. The maximum Gasteiger partial charge on any atom is 0.282 e. The number of hydrogen-bond donors (Lipinski definition) is 1. The molecule has 2 rings (SSSR count). The Hall–Kier alpha value is -0.260. The van der Waals surface area contributed by atoms with Gasteiger partial charge in [-0.25, -0.2) is 8.42 Å². The minimum atomic E-state index is -3.51. The zero-order chi connectivity index (χ0) is 15.7. The zero-order valence-corrected chi connectivity index (χ0v) is 13.9. The molecule has 0 radical (unpaired) electrons. The SMILES string of the molecule is CS(=O)(=O)N1CCN(S(=O)(=O)N2CCCC(CN)C2)CC1. The Labute approximate surface area is 127 Å². The van der Waals surface area contributed by atoms with Crippen LogP contribution in [0.15, 0.2) is 0 Å². The molecule has 0 spiro atoms. The zero-order valence-electron chi connectivity index (χ0n) is 12.3. The molecule has 2 saturated heterocycles. The second-order valence-electron chi connectivity index (χ2n) is 5.67. The van der Waals surface area contributed by atoms with Gasteiger partial charge in [-0.1, -0.05) is 0 Å². The van der Waals surface area contributed by atoms with Crippen LogP contribution in [0.5, 0.6) is 0 Å². The fraction of sp³-hybridized carbons (Fsp3) is 1.00. The normalized spacial score (nSPS) is 27.8. The third-order valence-corrected chi connectivity index (χ3v) is 7.44. The smallest absolute Gasteiger partial charge is 0.282 e. The summed E-state index contributed by atoms with van der Waals surface area (Å²) in [4.78, 5) is 0. The molecular weight excluding hydrogens is 316 g/mol. The van der Waals surface area contributed by atoms with E-state index >= 15 is 0 Å². The predicted molar refractivity (Wildman–Crippen MR) is 80.3 cm³/mol. The molecule has 0 aromatic rings. The van der Waals surface area contributed by atoms with Crippen molar-refractivity contribution in [2.45, 2.75) is 12.8 Å². The molecule has 1 unspecified atom stereocenters. The fourth-order valence-electron chi connectivity index (χ4n) is 2.82. The summed E-state index contributed by atoms with van der Waals surface area (Å²) in [6.07, 6.45) is 2.93. The van der Waals surface area contributed by atoms with Crippen molar-refractivity contribution in [1.29, 1.82) is 0 Å². The van der Waals surface area contributed by atoms with Crippen molar-refractivity contribution in [2.24, 2.45) is 11.7 Å². The number of piperidine rings is 1. The van der Waals surface area contributed by atoms with Crippen LogP contribution in [0.2, 0.25) is 0 Å². The summed E-state index contributed by atoms with van der Waals surface area (Å²) in [5.41, 5.74) is 5.64. The standard InChI is InChI=1S/C11H24N4O4S2/c1-20(16,17)13-5-7-14(8-6-13)21(18,19)15-4-2-3-11(9-12)10-15/h11H,2-10,12H2,1H3. The van der Waals surface area contributed by atoms with Crippen LogP contribution in [-0.4, -0.2) is 81.8 Å². The van der Waals surface area contributed by atoms with Crippen molar-refractivity contribution in [1.82, 2.24) is 12.9 Å². The van der Waals surface area contributed by atoms with Crippen LogP contribution in [0.4, 0.5) is 0 Å². The molecule has 0 aromatic heterocycles. The van der Waals surface area contributed by atoms with Crippen LogP contribution in [-0.2, 0) is 20.2 Å². The minimum Gasteiger partial charge on any atom is -0.330 e. The number of rotatable bonds is 4. The summed E-state index contributed by atoms with van der Waals surface area (Å²) in [7, 11) is -6.76. The molecule has 21 heavy (non-hydrogen) atoms. The first kappa shape index (κ1) is 17.1. The third kappa shape index (κ3) is 3.93. The van der Waals surface area contributed by atoms with E-state index in [2.05, 4.69) is 0 Å². The summed E-state index contributed by atoms with van der Waals surface area (Å²) in [5.74, 6) is 0.214. The van der Waals surface area contributed by atoms with Gasteiger partial charge in [0.05, 0.1) is 6.26 Å². The Morgan fingerprint density at radius 2 is 1.52 bits per heavy atom. The van der Waals surface area contributed by atoms with E-state index in [0.29, 0.717) is 19.6 Å². The van der Waals surface area contributed by atoms with Crippen LogP contribution in [0.25, 0.3) is 0 Å². The lowest BCUT2D eigenvalue weighted by Gasteiger charge is -2.38. The molecule has 0 aliphatic carbocycles. The van der Waals surface area contributed by atoms with Crippen molar-refractivity contribution < 1.29 is 16.8 Å². The van der Waals surface area contributed by atoms with E-state index in [1.54, 1.807) is 0 Å². The largest absolute Gasteiger partial charge is 0.330 e. The number of nitrogens with two attached hydrogens (primary N) is 1. The van der Waals surface area contributed by atoms with Gasteiger partial charge in [-0.2, -0.15) is 21.3 Å². The van der Waals surface area contributed by atoms with Crippen LogP contribution >= 0.6 is 0 Å². The molecule has 2 heterocycles. The van der Waals surface area contributed by atoms with E-state index in [9.17, 15) is 16.8 Å². The summed E-state index contributed by atoms with van der Waals surface area (Å²) in [5, 5.41) is 0. The van der Waals surface area contributed by atoms with E-state index in [1.165, 1.54) is 12.9 Å². The Morgan fingerprint density at radius 3 is 2.05 bits per heavy atom. The predicted octanol–water partition coefficient (Wildman–Crippen LogP) is -1.52. The second-order valence-corrected chi connectivity index (χ2v) is 9.58. The topological polar surface area (TPSA) is 104 Å². The second kappa shape index (κ2) is 6.47. The van der Waals surface area contributed by atoms with E-state index < -0.39 is 20.2 Å². The highest BCUT2D eigenvalue weighted by atomic mass is 32.2. The van der Waals surface area contributed by atoms with Gasteiger partial charge in [-0.05, 0) is 25.3 Å². The first-order valence-electron chi connectivity index (χ1n) is 7.15. The quantitative estimate of drug-likeness (QED) is 0.669. The van der Waals surface area contributed by atoms with Gasteiger partial charge in [-0.3, -0.25) is 0 Å². The lowest BCUT2D eigenvalue weighted by molar-refractivity contribution is 0.225. The lowest BCUT2D eigenvalue weighted by Crippen LogP contribution is -2.55. The summed E-state index contributed by atoms with van der Waals surface area (Å²) in [6, 6.07) is 0. The van der Waals surface area contributed by atoms with E-state index in [-0.39, 0.29) is 32.1 Å². The van der Waals surface area contributed by atoms with Crippen molar-refractivity contribution >= 4 is 20.2 Å². The Kier molecular flexibility index (Phi) is 5.27. The van der Waals surface area contributed by atoms with E-state index in [1.807, 2.05) is 0 Å². The van der Waals surface area contributed by atoms with Gasteiger partial charge in [-0.15, -0.1) is 0 Å². The minimum absolute atomic E-state index is 0.208. The first-order chi connectivity index (χ1) is 9.75. The van der Waals surface area contributed by atoms with Crippen molar-refractivity contribution in [3.63, 3.8) is 0 Å². The molecular formula is C11H24N4O4S2. The molecule has 0 bridgehead atoms. The molecule has 2 N–H and O–H groups in total. The lowest BCUT2D eigenvalue weighted by atomic mass is 10.0. The maximum atomic E-state index is 12.6. The average Bonchev–Trinajstić information content (AvgIpc) is 2.46. The molecule has 1 atom stereocenters. The number of hydrogen-bond acceptors (Lipinski definition) is 5. The number of nitrogens with zero attached hydrogens (tertiary/aromatic N) is 3. The van der Waals surface area contributed by atoms with E-state index in [0.717, 1.165) is 19.1 Å². The molecule has 2 fully saturated rings. The molecule has 0 saturated carbocycles. The van der Waals surface area contributed by atoms with Gasteiger partial charge in [0, 0.05) is 39.3 Å². The number of sulfonamides is 1. The highest BCUT2D eigenvalue weighted by molar-refractivity contribution is 7.88. The average molecular weight is 340 g/mol. The summed E-state index contributed by atoms with van der Waals surface area (Å²) < 4.78 is 52.3. The Morgan fingerprint density at radius 1 is 0.952 bits per heavy atom. The van der Waals surface area contributed by atoms with Gasteiger partial charge < -0.3 is 5.73 Å². The molecule has 0 amide bonds. The maximum absolute atomic E-state index is 12.6. The molecule has 8 nitrogen and oxygen atoms in total. The molecule has 0 aromatic carbocycles. The van der Waals surface area contributed by atoms with Crippen molar-refractivity contribution in [2.75, 3.05) is 52.1 Å². The highest BCUT2D eigenvalue weighted by Crippen LogP contribution is 2.21. The Bertz CT molecular complexity index is 555. The molecule has 10 heteroatoms. The van der Waals surface area contributed by atoms with Crippen LogP contribution < -0.4 is 5.73 Å². The van der Waals surface area contributed by atoms with Gasteiger partial charge in [0.25, 0.3) is 10.2 Å². The van der Waals surface area contributed by atoms with Gasteiger partial charge in [0.15, 0.2) is 0 Å². The van der Waals surface area contributed by atoms with Gasteiger partial charge in [0.1, 0.15) is 0 Å². The molecule has 2 aliphatic rings. The van der Waals surface area contributed by atoms with Crippen molar-refractivity contribution in [3.05, 3.63) is 0 Å². The fourth-order valence-corrected chi connectivity index (χ4v) is 5.36. The van der Waals surface area contributed by atoms with Gasteiger partial charge >= 0.3 is 0 Å². The van der Waals surface area contributed by atoms with Gasteiger partial charge in [0.2, 0.25) is 10.0 Å². The molecule has 2 aliphatic heterocycles. The third-order valence-electron chi connectivity index (χ3n) is 4.13. The number of piperazine rings is 1.